The predicted octanol–water partition coefficient (Wildman–Crippen LogP) is 3.49. The van der Waals surface area contributed by atoms with Crippen LogP contribution in [-0.4, -0.2) is 81.0 Å². The Bertz CT molecular complexity index is 699. The van der Waals surface area contributed by atoms with E-state index in [4.69, 9.17) is 37.4 Å². The second kappa shape index (κ2) is 10.3. The molecule has 4 atom stereocenters. The van der Waals surface area contributed by atoms with Crippen LogP contribution in [0.5, 0.6) is 5.75 Å². The first-order valence-electron chi connectivity index (χ1n) is 10.1. The Morgan fingerprint density at radius 1 is 1.10 bits per heavy atom. The van der Waals surface area contributed by atoms with E-state index in [0.29, 0.717) is 15.8 Å². The number of rotatable bonds is 7. The Balaban J connectivity index is 1.68. The van der Waals surface area contributed by atoms with E-state index in [9.17, 15) is 4.79 Å². The molecule has 0 N–H and O–H groups in total. The molecule has 29 heavy (non-hydrogen) atoms. The molecule has 1 amide bonds. The van der Waals surface area contributed by atoms with E-state index < -0.39 is 0 Å². The van der Waals surface area contributed by atoms with Crippen LogP contribution >= 0.6 is 23.2 Å². The van der Waals surface area contributed by atoms with Gasteiger partial charge in [-0.15, -0.1) is 0 Å². The molecule has 2 aliphatic rings. The Morgan fingerprint density at radius 2 is 1.76 bits per heavy atom. The second-order valence-corrected chi connectivity index (χ2v) is 8.58. The Kier molecular flexibility index (Phi) is 8.05. The number of methoxy groups -OCH3 is 2. The van der Waals surface area contributed by atoms with Crippen LogP contribution in [-0.2, 0) is 14.3 Å². The van der Waals surface area contributed by atoms with E-state index in [1.807, 2.05) is 11.9 Å². The first-order valence-corrected chi connectivity index (χ1v) is 10.8. The highest BCUT2D eigenvalue weighted by Crippen LogP contribution is 2.32. The van der Waals surface area contributed by atoms with Gasteiger partial charge in [0.05, 0.1) is 22.3 Å². The van der Waals surface area contributed by atoms with Crippen molar-refractivity contribution in [1.82, 2.24) is 9.80 Å². The van der Waals surface area contributed by atoms with Gasteiger partial charge in [-0.3, -0.25) is 9.69 Å². The summed E-state index contributed by atoms with van der Waals surface area (Å²) in [6, 6.07) is 5.29. The van der Waals surface area contributed by atoms with Crippen molar-refractivity contribution in [1.29, 1.82) is 0 Å². The van der Waals surface area contributed by atoms with Crippen LogP contribution < -0.4 is 4.74 Å². The van der Waals surface area contributed by atoms with Crippen LogP contribution in [0.4, 0.5) is 0 Å². The predicted molar refractivity (Wildman–Crippen MR) is 114 cm³/mol. The van der Waals surface area contributed by atoms with Crippen LogP contribution in [0.15, 0.2) is 18.2 Å². The number of carbonyl (C=O) groups is 1. The molecule has 0 aromatic heterocycles. The van der Waals surface area contributed by atoms with Gasteiger partial charge in [0, 0.05) is 39.4 Å². The first kappa shape index (κ1) is 22.6. The highest BCUT2D eigenvalue weighted by molar-refractivity contribution is 6.42. The molecule has 2 fully saturated rings. The van der Waals surface area contributed by atoms with E-state index in [1.165, 1.54) is 12.8 Å². The second-order valence-electron chi connectivity index (χ2n) is 7.77. The lowest BCUT2D eigenvalue weighted by Gasteiger charge is -2.47. The van der Waals surface area contributed by atoms with Gasteiger partial charge < -0.3 is 19.1 Å². The van der Waals surface area contributed by atoms with Gasteiger partial charge in [0.25, 0.3) is 5.91 Å². The van der Waals surface area contributed by atoms with Gasteiger partial charge in [-0.25, -0.2) is 0 Å². The molecule has 0 radical (unpaired) electrons. The number of benzene rings is 1. The zero-order chi connectivity index (χ0) is 21.0. The van der Waals surface area contributed by atoms with Crippen molar-refractivity contribution < 1.29 is 19.0 Å². The zero-order valence-electron chi connectivity index (χ0n) is 17.3. The third-order valence-corrected chi connectivity index (χ3v) is 6.90. The molecule has 1 heterocycles. The summed E-state index contributed by atoms with van der Waals surface area (Å²) in [4.78, 5) is 17.2. The summed E-state index contributed by atoms with van der Waals surface area (Å²) in [5.74, 6) is 0.450. The van der Waals surface area contributed by atoms with Crippen LogP contribution in [0, 0.1) is 0 Å². The lowest BCUT2D eigenvalue weighted by atomic mass is 9.84. The molecular weight excluding hydrogens is 415 g/mol. The quantitative estimate of drug-likeness (QED) is 0.643. The zero-order valence-corrected chi connectivity index (χ0v) is 18.8. The molecular formula is C21H30Cl2N2O4. The van der Waals surface area contributed by atoms with Crippen molar-refractivity contribution >= 4 is 29.1 Å². The number of carbonyl (C=O) groups excluding carboxylic acids is 1. The molecule has 3 rings (SSSR count). The molecule has 0 bridgehead atoms. The minimum absolute atomic E-state index is 0.0323. The Hall–Kier alpha value is -1.05. The van der Waals surface area contributed by atoms with Gasteiger partial charge in [-0.05, 0) is 50.9 Å². The van der Waals surface area contributed by atoms with Gasteiger partial charge >= 0.3 is 0 Å². The van der Waals surface area contributed by atoms with Crippen LogP contribution in [0.2, 0.25) is 10.0 Å². The average molecular weight is 445 g/mol. The van der Waals surface area contributed by atoms with Crippen molar-refractivity contribution in [2.75, 3.05) is 41.0 Å². The number of hydrogen-bond acceptors (Lipinski definition) is 5. The molecule has 8 heteroatoms. The standard InChI is InChI=1S/C21H30Cl2N2O4/c1-24(21(26)13-29-14-6-7-15(22)16(23)10-14)17-11-19(27-2)20(28-3)12-18(17)25-8-4-5-9-25/h6-7,10,17-20H,4-5,8-9,11-13H2,1-3H3/t17-,18-,19-,20+/m1/s1. The maximum absolute atomic E-state index is 12.9. The normalized spacial score (nSPS) is 27.8. The average Bonchev–Trinajstić information content (AvgIpc) is 3.27. The van der Waals surface area contributed by atoms with Gasteiger partial charge in [-0.1, -0.05) is 23.2 Å². The molecule has 1 aromatic rings. The minimum Gasteiger partial charge on any atom is -0.484 e. The number of ether oxygens (including phenoxy) is 3. The summed E-state index contributed by atoms with van der Waals surface area (Å²) in [5, 5.41) is 0.858. The van der Waals surface area contributed by atoms with E-state index in [2.05, 4.69) is 4.90 Å². The first-order chi connectivity index (χ1) is 13.9. The van der Waals surface area contributed by atoms with E-state index in [0.717, 1.165) is 25.9 Å². The van der Waals surface area contributed by atoms with Crippen LogP contribution in [0.25, 0.3) is 0 Å². The lowest BCUT2D eigenvalue weighted by molar-refractivity contribution is -0.142. The molecule has 162 valence electrons. The monoisotopic (exact) mass is 444 g/mol. The highest BCUT2D eigenvalue weighted by Gasteiger charge is 2.43. The van der Waals surface area contributed by atoms with Crippen molar-refractivity contribution in [3.8, 4) is 5.75 Å². The van der Waals surface area contributed by atoms with E-state index in [-0.39, 0.29) is 36.8 Å². The number of halogens is 2. The number of amides is 1. The summed E-state index contributed by atoms with van der Waals surface area (Å²) in [7, 11) is 5.30. The summed E-state index contributed by atoms with van der Waals surface area (Å²) in [6.07, 6.45) is 4.00. The smallest absolute Gasteiger partial charge is 0.260 e. The highest BCUT2D eigenvalue weighted by atomic mass is 35.5. The summed E-state index contributed by atoms with van der Waals surface area (Å²) in [5.41, 5.74) is 0. The van der Waals surface area contributed by atoms with Gasteiger partial charge in [0.15, 0.2) is 6.61 Å². The largest absolute Gasteiger partial charge is 0.484 e. The van der Waals surface area contributed by atoms with Crippen LogP contribution in [0.1, 0.15) is 25.7 Å². The Morgan fingerprint density at radius 3 is 2.38 bits per heavy atom. The maximum Gasteiger partial charge on any atom is 0.260 e. The molecule has 0 spiro atoms. The fourth-order valence-electron chi connectivity index (χ4n) is 4.47. The molecule has 0 unspecified atom stereocenters. The number of likely N-dealkylation sites (N-methyl/N-ethyl adjacent to an activating group) is 1. The molecule has 1 aliphatic heterocycles. The number of likely N-dealkylation sites (tertiary alicyclic amines) is 1. The third kappa shape index (κ3) is 5.36. The number of nitrogens with zero attached hydrogens (tertiary/aromatic N) is 2. The van der Waals surface area contributed by atoms with E-state index in [1.54, 1.807) is 32.4 Å². The van der Waals surface area contributed by atoms with Gasteiger partial charge in [0.1, 0.15) is 5.75 Å². The SMILES string of the molecule is CO[C@H]1C[C@@H](N2CCCC2)[C@H](N(C)C(=O)COc2ccc(Cl)c(Cl)c2)C[C@H]1OC. The van der Waals surface area contributed by atoms with Gasteiger partial charge in [-0.2, -0.15) is 0 Å². The molecule has 6 nitrogen and oxygen atoms in total. The lowest BCUT2D eigenvalue weighted by Crippen LogP contribution is -2.59. The summed E-state index contributed by atoms with van der Waals surface area (Å²) >= 11 is 12.0. The summed E-state index contributed by atoms with van der Waals surface area (Å²) in [6.45, 7) is 2.08. The van der Waals surface area contributed by atoms with Crippen molar-refractivity contribution in [2.24, 2.45) is 0 Å². The van der Waals surface area contributed by atoms with Crippen molar-refractivity contribution in [2.45, 2.75) is 50.0 Å². The molecule has 1 aromatic carbocycles. The minimum atomic E-state index is -0.0732. The van der Waals surface area contributed by atoms with Crippen LogP contribution in [0.3, 0.4) is 0 Å². The van der Waals surface area contributed by atoms with E-state index >= 15 is 0 Å². The maximum atomic E-state index is 12.9. The molecule has 1 saturated heterocycles. The number of hydrogen-bond donors (Lipinski definition) is 0. The topological polar surface area (TPSA) is 51.2 Å². The van der Waals surface area contributed by atoms with Gasteiger partial charge in [0.2, 0.25) is 0 Å². The fraction of sp³-hybridized carbons (Fsp3) is 0.667. The molecule has 1 saturated carbocycles. The molecule has 1 aliphatic carbocycles. The summed E-state index contributed by atoms with van der Waals surface area (Å²) < 4.78 is 17.0. The van der Waals surface area contributed by atoms with Crippen molar-refractivity contribution in [3.05, 3.63) is 28.2 Å². The third-order valence-electron chi connectivity index (χ3n) is 6.17. The fourth-order valence-corrected chi connectivity index (χ4v) is 4.76. The van der Waals surface area contributed by atoms with Crippen molar-refractivity contribution in [3.63, 3.8) is 0 Å². The Labute approximate surface area is 183 Å².